The van der Waals surface area contributed by atoms with Crippen LogP contribution in [-0.2, 0) is 27.7 Å². The second-order valence-corrected chi connectivity index (χ2v) is 14.7. The quantitative estimate of drug-likeness (QED) is 0.220. The number of nitrogens with one attached hydrogen (secondary N) is 1. The van der Waals surface area contributed by atoms with Crippen molar-refractivity contribution in [3.05, 3.63) is 75.4 Å². The monoisotopic (exact) mass is 608 g/mol. The molecule has 6 rings (SSSR count). The SMILES string of the molecule is CC1CCc2c(sc3nc(SCC(=O)Nc4ccc(S(=O)(=O)N5CCCCC5)cc4)n(-c4ccccc4)c(=O)c23)C1. The van der Waals surface area contributed by atoms with Gasteiger partial charge in [0.25, 0.3) is 5.56 Å². The Morgan fingerprint density at radius 3 is 2.54 bits per heavy atom. The lowest BCUT2D eigenvalue weighted by atomic mass is 9.89. The first-order valence-corrected chi connectivity index (χ1v) is 17.2. The van der Waals surface area contributed by atoms with Crippen molar-refractivity contribution in [3.8, 4) is 5.69 Å². The number of aryl methyl sites for hydroxylation is 1. The number of anilines is 1. The minimum Gasteiger partial charge on any atom is -0.325 e. The molecule has 0 radical (unpaired) electrons. The minimum absolute atomic E-state index is 0.0424. The molecule has 2 aromatic carbocycles. The summed E-state index contributed by atoms with van der Waals surface area (Å²) in [6.07, 6.45) is 5.71. The fourth-order valence-corrected chi connectivity index (χ4v) is 9.32. The molecule has 1 saturated heterocycles. The van der Waals surface area contributed by atoms with Crippen molar-refractivity contribution in [1.82, 2.24) is 13.9 Å². The third-order valence-corrected chi connectivity index (χ3v) is 11.7. The number of para-hydroxylation sites is 1. The summed E-state index contributed by atoms with van der Waals surface area (Å²) in [4.78, 5) is 33.9. The second kappa shape index (κ2) is 11.7. The molecule has 41 heavy (non-hydrogen) atoms. The Kier molecular flexibility index (Phi) is 8.04. The van der Waals surface area contributed by atoms with E-state index in [0.29, 0.717) is 40.9 Å². The summed E-state index contributed by atoms with van der Waals surface area (Å²) >= 11 is 2.81. The van der Waals surface area contributed by atoms with Gasteiger partial charge in [0.15, 0.2) is 5.16 Å². The maximum absolute atomic E-state index is 13.9. The van der Waals surface area contributed by atoms with E-state index < -0.39 is 10.0 Å². The largest absolute Gasteiger partial charge is 0.325 e. The molecule has 2 aromatic heterocycles. The van der Waals surface area contributed by atoms with Crippen LogP contribution in [0.15, 0.2) is 69.4 Å². The summed E-state index contributed by atoms with van der Waals surface area (Å²) in [5.74, 6) is 0.360. The summed E-state index contributed by atoms with van der Waals surface area (Å²) in [5, 5.41) is 4.02. The third-order valence-electron chi connectivity index (χ3n) is 7.74. The number of rotatable bonds is 7. The number of piperidine rings is 1. The van der Waals surface area contributed by atoms with Crippen molar-refractivity contribution in [2.45, 2.75) is 55.5 Å². The van der Waals surface area contributed by atoms with E-state index in [1.54, 1.807) is 28.0 Å². The zero-order valence-corrected chi connectivity index (χ0v) is 25.3. The number of sulfonamides is 1. The van der Waals surface area contributed by atoms with E-state index in [1.807, 2.05) is 30.3 Å². The van der Waals surface area contributed by atoms with Gasteiger partial charge in [0.05, 0.1) is 21.7 Å². The number of benzene rings is 2. The molecule has 11 heteroatoms. The average molecular weight is 609 g/mol. The zero-order chi connectivity index (χ0) is 28.6. The number of hydrogen-bond donors (Lipinski definition) is 1. The molecular formula is C30H32N4O4S3. The summed E-state index contributed by atoms with van der Waals surface area (Å²) in [6.45, 7) is 3.32. The zero-order valence-electron chi connectivity index (χ0n) is 22.8. The van der Waals surface area contributed by atoms with Crippen LogP contribution in [0.2, 0.25) is 0 Å². The van der Waals surface area contributed by atoms with Gasteiger partial charge < -0.3 is 5.32 Å². The fraction of sp³-hybridized carbons (Fsp3) is 0.367. The number of carbonyl (C=O) groups is 1. The highest BCUT2D eigenvalue weighted by atomic mass is 32.2. The van der Waals surface area contributed by atoms with Crippen LogP contribution < -0.4 is 10.9 Å². The number of thioether (sulfide) groups is 1. The van der Waals surface area contributed by atoms with Crippen molar-refractivity contribution in [3.63, 3.8) is 0 Å². The number of carbonyl (C=O) groups excluding carboxylic acids is 1. The van der Waals surface area contributed by atoms with Gasteiger partial charge in [-0.1, -0.05) is 43.3 Å². The first-order chi connectivity index (χ1) is 19.8. The van der Waals surface area contributed by atoms with E-state index in [9.17, 15) is 18.0 Å². The Morgan fingerprint density at radius 1 is 1.07 bits per heavy atom. The molecule has 2 aliphatic rings. The van der Waals surface area contributed by atoms with Crippen molar-refractivity contribution < 1.29 is 13.2 Å². The number of amides is 1. The molecule has 8 nitrogen and oxygen atoms in total. The van der Waals surface area contributed by atoms with Crippen molar-refractivity contribution in [1.29, 1.82) is 0 Å². The summed E-state index contributed by atoms with van der Waals surface area (Å²) in [6, 6.07) is 15.7. The maximum Gasteiger partial charge on any atom is 0.267 e. The first-order valence-electron chi connectivity index (χ1n) is 14.0. The Labute approximate surface area is 247 Å². The molecule has 0 bridgehead atoms. The highest BCUT2D eigenvalue weighted by molar-refractivity contribution is 7.99. The maximum atomic E-state index is 13.9. The molecule has 1 aliphatic carbocycles. The molecular weight excluding hydrogens is 577 g/mol. The number of nitrogens with zero attached hydrogens (tertiary/aromatic N) is 3. The van der Waals surface area contributed by atoms with E-state index in [2.05, 4.69) is 12.2 Å². The van der Waals surface area contributed by atoms with Crippen LogP contribution in [0.4, 0.5) is 5.69 Å². The van der Waals surface area contributed by atoms with E-state index in [1.165, 1.54) is 33.1 Å². The molecule has 4 aromatic rings. The molecule has 3 heterocycles. The Hall–Kier alpha value is -2.99. The normalized spacial score (nSPS) is 17.8. The fourth-order valence-electron chi connectivity index (χ4n) is 5.56. The molecule has 0 saturated carbocycles. The van der Waals surface area contributed by atoms with Crippen LogP contribution in [0.3, 0.4) is 0 Å². The average Bonchev–Trinajstić information content (AvgIpc) is 3.35. The second-order valence-electron chi connectivity index (χ2n) is 10.7. The smallest absolute Gasteiger partial charge is 0.267 e. The number of fused-ring (bicyclic) bond motifs is 3. The van der Waals surface area contributed by atoms with Crippen LogP contribution in [0.25, 0.3) is 15.9 Å². The van der Waals surface area contributed by atoms with Gasteiger partial charge in [-0.25, -0.2) is 13.4 Å². The van der Waals surface area contributed by atoms with Gasteiger partial charge in [-0.15, -0.1) is 11.3 Å². The van der Waals surface area contributed by atoms with Crippen molar-refractivity contribution in [2.75, 3.05) is 24.2 Å². The molecule has 214 valence electrons. The molecule has 1 N–H and O–H groups in total. The highest BCUT2D eigenvalue weighted by Gasteiger charge is 2.27. The van der Waals surface area contributed by atoms with Gasteiger partial charge in [0, 0.05) is 23.7 Å². The Balaban J connectivity index is 1.22. The van der Waals surface area contributed by atoms with Gasteiger partial charge in [-0.05, 0) is 80.0 Å². The van der Waals surface area contributed by atoms with E-state index >= 15 is 0 Å². The standard InChI is InChI=1S/C30H32N4O4S3/c1-20-10-15-24-25(18-20)40-28-27(24)29(36)34(22-8-4-2-5-9-22)30(32-28)39-19-26(35)31-21-11-13-23(14-12-21)41(37,38)33-16-6-3-7-17-33/h2,4-5,8-9,11-14,20H,3,6-7,10,15-19H2,1H3,(H,31,35). The number of aromatic nitrogens is 2. The predicted molar refractivity (Wildman–Crippen MR) is 165 cm³/mol. The van der Waals surface area contributed by atoms with Gasteiger partial charge in [-0.2, -0.15) is 4.31 Å². The molecule has 1 fully saturated rings. The van der Waals surface area contributed by atoms with E-state index in [4.69, 9.17) is 4.98 Å². The molecule has 1 unspecified atom stereocenters. The summed E-state index contributed by atoms with van der Waals surface area (Å²) in [5.41, 5.74) is 2.26. The summed E-state index contributed by atoms with van der Waals surface area (Å²) < 4.78 is 29.0. The topological polar surface area (TPSA) is 101 Å². The molecule has 1 aliphatic heterocycles. The van der Waals surface area contributed by atoms with Crippen LogP contribution >= 0.6 is 23.1 Å². The van der Waals surface area contributed by atoms with Crippen LogP contribution in [-0.4, -0.2) is 47.0 Å². The number of hydrogen-bond acceptors (Lipinski definition) is 7. The Morgan fingerprint density at radius 2 is 1.80 bits per heavy atom. The molecule has 1 atom stereocenters. The van der Waals surface area contributed by atoms with Gasteiger partial charge in [0.1, 0.15) is 4.83 Å². The van der Waals surface area contributed by atoms with Gasteiger partial charge >= 0.3 is 0 Å². The van der Waals surface area contributed by atoms with Crippen LogP contribution in [0.5, 0.6) is 0 Å². The Bertz CT molecular complexity index is 1740. The summed E-state index contributed by atoms with van der Waals surface area (Å²) in [7, 11) is -3.53. The van der Waals surface area contributed by atoms with Crippen molar-refractivity contribution in [2.24, 2.45) is 5.92 Å². The third kappa shape index (κ3) is 5.73. The van der Waals surface area contributed by atoms with E-state index in [-0.39, 0.29) is 22.1 Å². The van der Waals surface area contributed by atoms with Crippen LogP contribution in [0.1, 0.15) is 43.0 Å². The lowest BCUT2D eigenvalue weighted by Crippen LogP contribution is -2.35. The van der Waals surface area contributed by atoms with Gasteiger partial charge in [0.2, 0.25) is 15.9 Å². The number of thiophene rings is 1. The first kappa shape index (κ1) is 28.1. The predicted octanol–water partition coefficient (Wildman–Crippen LogP) is 5.48. The van der Waals surface area contributed by atoms with Gasteiger partial charge in [-0.3, -0.25) is 14.2 Å². The minimum atomic E-state index is -3.53. The lowest BCUT2D eigenvalue weighted by Gasteiger charge is -2.25. The van der Waals surface area contributed by atoms with Crippen molar-refractivity contribution >= 4 is 54.9 Å². The highest BCUT2D eigenvalue weighted by Crippen LogP contribution is 2.37. The lowest BCUT2D eigenvalue weighted by molar-refractivity contribution is -0.113. The van der Waals surface area contributed by atoms with Crippen LogP contribution in [0, 0.1) is 5.92 Å². The molecule has 0 spiro atoms. The van der Waals surface area contributed by atoms with E-state index in [0.717, 1.165) is 48.9 Å². The molecule has 1 amide bonds.